The fourth-order valence-electron chi connectivity index (χ4n) is 2.48. The van der Waals surface area contributed by atoms with E-state index >= 15 is 0 Å². The van der Waals surface area contributed by atoms with Crippen molar-refractivity contribution in [3.05, 3.63) is 57.8 Å². The highest BCUT2D eigenvalue weighted by Gasteiger charge is 2.44. The zero-order valence-electron chi connectivity index (χ0n) is 14.3. The van der Waals surface area contributed by atoms with Gasteiger partial charge in [-0.25, -0.2) is 0 Å². The van der Waals surface area contributed by atoms with Crippen LogP contribution < -0.4 is 0 Å². The molecule has 1 saturated heterocycles. The predicted octanol–water partition coefficient (Wildman–Crippen LogP) is 1.58. The first-order valence-electron chi connectivity index (χ1n) is 7.82. The van der Waals surface area contributed by atoms with Gasteiger partial charge in [0.1, 0.15) is 0 Å². The number of hydrogen-bond acceptors (Lipinski definition) is 8. The second-order valence-electron chi connectivity index (χ2n) is 5.57. The van der Waals surface area contributed by atoms with Gasteiger partial charge in [0.25, 0.3) is 0 Å². The van der Waals surface area contributed by atoms with Crippen LogP contribution in [0.4, 0.5) is 0 Å². The molecule has 0 saturated carbocycles. The molecule has 26 heavy (non-hydrogen) atoms. The third-order valence-electron chi connectivity index (χ3n) is 3.47. The lowest BCUT2D eigenvalue weighted by molar-refractivity contribution is -0.405. The molecule has 1 aliphatic rings. The van der Waals surface area contributed by atoms with Gasteiger partial charge in [-0.2, -0.15) is 0 Å². The van der Waals surface area contributed by atoms with Crippen molar-refractivity contribution in [2.24, 2.45) is 0 Å². The molecule has 0 bridgehead atoms. The zero-order chi connectivity index (χ0) is 19.1. The summed E-state index contributed by atoms with van der Waals surface area (Å²) in [6, 6.07) is 9.21. The van der Waals surface area contributed by atoms with Gasteiger partial charge >= 0.3 is 11.9 Å². The van der Waals surface area contributed by atoms with Crippen molar-refractivity contribution in [2.75, 3.05) is 6.61 Å². The smallest absolute Gasteiger partial charge is 0.303 e. The summed E-state index contributed by atoms with van der Waals surface area (Å²) >= 11 is 0. The van der Waals surface area contributed by atoms with Gasteiger partial charge in [0.05, 0.1) is 23.7 Å². The van der Waals surface area contributed by atoms with E-state index in [1.54, 1.807) is 0 Å². The number of benzene rings is 1. The maximum atomic E-state index is 11.5. The molecule has 0 amide bonds. The lowest BCUT2D eigenvalue weighted by Crippen LogP contribution is -2.51. The molecule has 0 unspecified atom stereocenters. The minimum Gasteiger partial charge on any atom is -0.453 e. The number of carbonyl (C=O) groups excluding carboxylic acids is 2. The predicted molar refractivity (Wildman–Crippen MR) is 87.2 cm³/mol. The molecule has 1 heterocycles. The Morgan fingerprint density at radius 1 is 1.23 bits per heavy atom. The van der Waals surface area contributed by atoms with E-state index < -0.39 is 35.4 Å². The number of esters is 2. The van der Waals surface area contributed by atoms with E-state index in [2.05, 4.69) is 0 Å². The highest BCUT2D eigenvalue weighted by atomic mass is 16.7. The monoisotopic (exact) mass is 365 g/mol. The Morgan fingerprint density at radius 3 is 2.46 bits per heavy atom. The van der Waals surface area contributed by atoms with Crippen molar-refractivity contribution in [2.45, 2.75) is 39.0 Å². The second kappa shape index (κ2) is 9.07. The first kappa shape index (κ1) is 19.5. The fourth-order valence-corrected chi connectivity index (χ4v) is 2.48. The topological polar surface area (TPSA) is 114 Å². The first-order valence-corrected chi connectivity index (χ1v) is 7.82. The summed E-state index contributed by atoms with van der Waals surface area (Å²) in [5, 5.41) is 10.8. The molecule has 9 nitrogen and oxygen atoms in total. The summed E-state index contributed by atoms with van der Waals surface area (Å²) in [5.74, 6) is -1.34. The quantitative estimate of drug-likeness (QED) is 0.424. The van der Waals surface area contributed by atoms with E-state index in [1.807, 2.05) is 30.3 Å². The highest BCUT2D eigenvalue weighted by molar-refractivity contribution is 5.67. The average Bonchev–Trinajstić information content (AvgIpc) is 2.56. The minimum absolute atomic E-state index is 0.0658. The number of ether oxygens (including phenoxy) is 4. The molecule has 0 N–H and O–H groups in total. The third-order valence-corrected chi connectivity index (χ3v) is 3.47. The van der Waals surface area contributed by atoms with Crippen molar-refractivity contribution in [3.8, 4) is 0 Å². The van der Waals surface area contributed by atoms with Crippen molar-refractivity contribution >= 4 is 11.9 Å². The van der Waals surface area contributed by atoms with Crippen LogP contribution in [0, 0.1) is 10.1 Å². The Balaban J connectivity index is 2.22. The normalized spacial score (nSPS) is 24.1. The van der Waals surface area contributed by atoms with Gasteiger partial charge in [-0.05, 0) is 5.56 Å². The third kappa shape index (κ3) is 5.64. The second-order valence-corrected chi connectivity index (χ2v) is 5.57. The standard InChI is InChI=1S/C17H19NO8/c1-11(19)25-15-14(8-18(21)22)10-24-17(16(15)26-12(2)20)23-9-13-6-4-3-5-7-13/h3-8,15-17H,9-10H2,1-2H3/t15-,16+,17-/m1/s1. The van der Waals surface area contributed by atoms with Crippen molar-refractivity contribution in [3.63, 3.8) is 0 Å². The highest BCUT2D eigenvalue weighted by Crippen LogP contribution is 2.27. The van der Waals surface area contributed by atoms with E-state index in [9.17, 15) is 19.7 Å². The van der Waals surface area contributed by atoms with Crippen LogP contribution in [0.3, 0.4) is 0 Å². The van der Waals surface area contributed by atoms with Crippen molar-refractivity contribution < 1.29 is 33.5 Å². The molecule has 0 radical (unpaired) electrons. The van der Waals surface area contributed by atoms with Crippen LogP contribution in [-0.2, 0) is 35.1 Å². The molecular weight excluding hydrogens is 346 g/mol. The average molecular weight is 365 g/mol. The summed E-state index contributed by atoms with van der Waals surface area (Å²) < 4.78 is 21.5. The summed E-state index contributed by atoms with van der Waals surface area (Å²) in [4.78, 5) is 33.0. The zero-order valence-corrected chi connectivity index (χ0v) is 14.3. The SMILES string of the molecule is CC(=O)O[C@@H]1[C@H](OCc2ccccc2)OCC(=C[N+](=O)[O-])[C@H]1OC(C)=O. The molecule has 1 aliphatic heterocycles. The summed E-state index contributed by atoms with van der Waals surface area (Å²) in [7, 11) is 0. The van der Waals surface area contributed by atoms with Gasteiger partial charge in [0.15, 0.2) is 18.5 Å². The molecule has 9 heteroatoms. The van der Waals surface area contributed by atoms with Gasteiger partial charge < -0.3 is 18.9 Å². The van der Waals surface area contributed by atoms with E-state index in [-0.39, 0.29) is 18.8 Å². The minimum atomic E-state index is -1.17. The van der Waals surface area contributed by atoms with Crippen LogP contribution in [0.2, 0.25) is 0 Å². The van der Waals surface area contributed by atoms with Gasteiger partial charge in [0, 0.05) is 13.8 Å². The summed E-state index contributed by atoms with van der Waals surface area (Å²) in [5.41, 5.74) is 0.921. The molecule has 0 aromatic heterocycles. The largest absolute Gasteiger partial charge is 0.453 e. The molecule has 0 spiro atoms. The van der Waals surface area contributed by atoms with Crippen LogP contribution in [-0.4, -0.2) is 42.0 Å². The Hall–Kier alpha value is -2.78. The van der Waals surface area contributed by atoms with Crippen LogP contribution in [0.25, 0.3) is 0 Å². The lowest BCUT2D eigenvalue weighted by atomic mass is 10.0. The Bertz CT molecular complexity index is 687. The van der Waals surface area contributed by atoms with Crippen LogP contribution in [0.15, 0.2) is 42.1 Å². The van der Waals surface area contributed by atoms with Crippen molar-refractivity contribution in [1.29, 1.82) is 0 Å². The summed E-state index contributed by atoms with van der Waals surface area (Å²) in [6.45, 7) is 2.29. The molecule has 0 aliphatic carbocycles. The Labute approximate surface area is 149 Å². The van der Waals surface area contributed by atoms with Crippen molar-refractivity contribution in [1.82, 2.24) is 0 Å². The fraction of sp³-hybridized carbons (Fsp3) is 0.412. The van der Waals surface area contributed by atoms with Crippen LogP contribution >= 0.6 is 0 Å². The number of nitro groups is 1. The van der Waals surface area contributed by atoms with E-state index in [0.29, 0.717) is 6.20 Å². The summed E-state index contributed by atoms with van der Waals surface area (Å²) in [6.07, 6.45) is -2.71. The number of hydrogen-bond donors (Lipinski definition) is 0. The van der Waals surface area contributed by atoms with Gasteiger partial charge in [0.2, 0.25) is 6.20 Å². The number of rotatable bonds is 6. The molecule has 2 rings (SSSR count). The first-order chi connectivity index (χ1) is 12.4. The van der Waals surface area contributed by atoms with E-state index in [0.717, 1.165) is 12.5 Å². The molecular formula is C17H19NO8. The van der Waals surface area contributed by atoms with Gasteiger partial charge in [-0.15, -0.1) is 0 Å². The van der Waals surface area contributed by atoms with E-state index in [1.165, 1.54) is 6.92 Å². The molecule has 1 fully saturated rings. The lowest BCUT2D eigenvalue weighted by Gasteiger charge is -2.36. The number of carbonyl (C=O) groups is 2. The molecule has 140 valence electrons. The maximum absolute atomic E-state index is 11.5. The van der Waals surface area contributed by atoms with Crippen LogP contribution in [0.1, 0.15) is 19.4 Å². The Morgan fingerprint density at radius 2 is 1.88 bits per heavy atom. The molecule has 1 aromatic rings. The van der Waals surface area contributed by atoms with Crippen LogP contribution in [0.5, 0.6) is 0 Å². The van der Waals surface area contributed by atoms with E-state index in [4.69, 9.17) is 18.9 Å². The van der Waals surface area contributed by atoms with Gasteiger partial charge in [-0.3, -0.25) is 19.7 Å². The molecule has 1 aromatic carbocycles. The number of nitrogens with zero attached hydrogens (tertiary/aromatic N) is 1. The molecule has 3 atom stereocenters. The van der Waals surface area contributed by atoms with Gasteiger partial charge in [-0.1, -0.05) is 30.3 Å². The maximum Gasteiger partial charge on any atom is 0.303 e. The Kier molecular flexibility index (Phi) is 6.81.